The molecule has 0 spiro atoms. The highest BCUT2D eigenvalue weighted by Crippen LogP contribution is 2.39. The summed E-state index contributed by atoms with van der Waals surface area (Å²) in [4.78, 5) is 3.82. The van der Waals surface area contributed by atoms with Gasteiger partial charge in [-0.1, -0.05) is 0 Å². The molecule has 0 fully saturated rings. The Morgan fingerprint density at radius 3 is 2.50 bits per heavy atom. The molecule has 3 aromatic rings. The van der Waals surface area contributed by atoms with Crippen molar-refractivity contribution < 1.29 is 22.7 Å². The molecule has 28 heavy (non-hydrogen) atoms. The van der Waals surface area contributed by atoms with Crippen LogP contribution in [0.25, 0.3) is 16.8 Å². The van der Waals surface area contributed by atoms with Crippen LogP contribution >= 0.6 is 0 Å². The summed E-state index contributed by atoms with van der Waals surface area (Å²) in [7, 11) is 0. The van der Waals surface area contributed by atoms with E-state index in [1.54, 1.807) is 17.6 Å². The fraction of sp³-hybridized carbons (Fsp3) is 0.316. The summed E-state index contributed by atoms with van der Waals surface area (Å²) in [6.07, 6.45) is -1.45. The van der Waals surface area contributed by atoms with Crippen LogP contribution in [0, 0.1) is 12.7 Å². The number of halogens is 4. The molecule has 1 N–H and O–H groups in total. The van der Waals surface area contributed by atoms with Crippen LogP contribution < -0.4 is 0 Å². The number of pyridine rings is 1. The highest BCUT2D eigenvalue weighted by atomic mass is 19.4. The second-order valence-corrected chi connectivity index (χ2v) is 7.00. The third kappa shape index (κ3) is 2.77. The van der Waals surface area contributed by atoms with Gasteiger partial charge in [0.15, 0.2) is 5.60 Å². The number of benzene rings is 1. The summed E-state index contributed by atoms with van der Waals surface area (Å²) in [6, 6.07) is 4.15. The first-order valence-electron chi connectivity index (χ1n) is 8.58. The zero-order valence-electron chi connectivity index (χ0n) is 15.0. The summed E-state index contributed by atoms with van der Waals surface area (Å²) >= 11 is 0. The predicted molar refractivity (Wildman–Crippen MR) is 92.3 cm³/mol. The second-order valence-electron chi connectivity index (χ2n) is 7.00. The summed E-state index contributed by atoms with van der Waals surface area (Å²) in [5.41, 5.74) is -1.73. The van der Waals surface area contributed by atoms with Crippen LogP contribution in [0.5, 0.6) is 0 Å². The van der Waals surface area contributed by atoms with Gasteiger partial charge in [-0.3, -0.25) is 9.55 Å². The van der Waals surface area contributed by atoms with E-state index in [-0.39, 0.29) is 5.56 Å². The first kappa shape index (κ1) is 18.5. The molecule has 4 rings (SSSR count). The normalized spacial score (nSPS) is 15.7. The van der Waals surface area contributed by atoms with Crippen molar-refractivity contribution in [3.05, 3.63) is 59.2 Å². The minimum absolute atomic E-state index is 0.287. The predicted octanol–water partition coefficient (Wildman–Crippen LogP) is 3.65. The van der Waals surface area contributed by atoms with Gasteiger partial charge in [0, 0.05) is 29.9 Å². The Kier molecular flexibility index (Phi) is 4.04. The van der Waals surface area contributed by atoms with E-state index in [0.29, 0.717) is 48.2 Å². The zero-order valence-corrected chi connectivity index (χ0v) is 15.0. The number of aromatic nitrogens is 4. The minimum atomic E-state index is -4.86. The lowest BCUT2D eigenvalue weighted by atomic mass is 9.92. The third-order valence-electron chi connectivity index (χ3n) is 5.06. The quantitative estimate of drug-likeness (QED) is 0.677. The van der Waals surface area contributed by atoms with Crippen molar-refractivity contribution in [2.45, 2.75) is 38.5 Å². The van der Waals surface area contributed by atoms with Crippen LogP contribution in [0.4, 0.5) is 17.6 Å². The van der Waals surface area contributed by atoms with E-state index in [4.69, 9.17) is 0 Å². The minimum Gasteiger partial charge on any atom is -0.376 e. The van der Waals surface area contributed by atoms with Crippen molar-refractivity contribution in [2.75, 3.05) is 0 Å². The van der Waals surface area contributed by atoms with Gasteiger partial charge in [0.05, 0.1) is 5.69 Å². The average molecular weight is 392 g/mol. The van der Waals surface area contributed by atoms with E-state index in [9.17, 15) is 22.7 Å². The molecule has 1 aliphatic heterocycles. The number of hydrogen-bond donors (Lipinski definition) is 1. The molecule has 2 aromatic heterocycles. The Morgan fingerprint density at radius 1 is 1.04 bits per heavy atom. The van der Waals surface area contributed by atoms with E-state index >= 15 is 0 Å². The van der Waals surface area contributed by atoms with Gasteiger partial charge in [-0.25, -0.2) is 4.39 Å². The molecule has 0 radical (unpaired) electrons. The number of hydrogen-bond acceptors (Lipinski definition) is 4. The number of aryl methyl sites for hydroxylation is 3. The Labute approximate surface area is 157 Å². The Hall–Kier alpha value is -2.81. The van der Waals surface area contributed by atoms with E-state index in [1.807, 2.05) is 0 Å². The summed E-state index contributed by atoms with van der Waals surface area (Å²) in [6.45, 7) is 2.39. The van der Waals surface area contributed by atoms with Crippen molar-refractivity contribution in [2.24, 2.45) is 0 Å². The lowest BCUT2D eigenvalue weighted by molar-refractivity contribution is -0.259. The van der Waals surface area contributed by atoms with E-state index in [1.165, 1.54) is 18.3 Å². The molecule has 3 heterocycles. The standard InChI is InChI=1S/C19H16F4N4O/c1-10-25-26-16-4-3-11-5-12(7-15(20)17(11)27(10)16)13-6-14(9-24-8-13)18(2,28)19(21,22)23/h5-9,28H,3-4H2,1-2H3/t18-/m0/s1. The van der Waals surface area contributed by atoms with E-state index in [2.05, 4.69) is 15.2 Å². The average Bonchev–Trinajstić information content (AvgIpc) is 3.02. The number of nitrogens with zero attached hydrogens (tertiary/aromatic N) is 4. The highest BCUT2D eigenvalue weighted by Gasteiger charge is 2.51. The van der Waals surface area contributed by atoms with Gasteiger partial charge in [0.25, 0.3) is 0 Å². The maximum absolute atomic E-state index is 15.0. The van der Waals surface area contributed by atoms with Gasteiger partial charge in [-0.05, 0) is 49.6 Å². The fourth-order valence-electron chi connectivity index (χ4n) is 3.40. The Bertz CT molecular complexity index is 1070. The number of rotatable bonds is 2. The first-order valence-corrected chi connectivity index (χ1v) is 8.58. The summed E-state index contributed by atoms with van der Waals surface area (Å²) < 4.78 is 56.0. The van der Waals surface area contributed by atoms with Crippen molar-refractivity contribution in [1.82, 2.24) is 19.7 Å². The number of aliphatic hydroxyl groups is 1. The van der Waals surface area contributed by atoms with Gasteiger partial charge in [0.2, 0.25) is 0 Å². The van der Waals surface area contributed by atoms with Crippen LogP contribution in [0.15, 0.2) is 30.6 Å². The fourth-order valence-corrected chi connectivity index (χ4v) is 3.40. The van der Waals surface area contributed by atoms with Crippen LogP contribution in [-0.4, -0.2) is 31.0 Å². The molecule has 0 aliphatic carbocycles. The smallest absolute Gasteiger partial charge is 0.376 e. The molecule has 0 bridgehead atoms. The molecule has 0 saturated heterocycles. The zero-order chi connectivity index (χ0) is 20.3. The van der Waals surface area contributed by atoms with Crippen LogP contribution in [0.3, 0.4) is 0 Å². The van der Waals surface area contributed by atoms with Crippen molar-refractivity contribution >= 4 is 0 Å². The first-order chi connectivity index (χ1) is 13.1. The Morgan fingerprint density at radius 2 is 1.79 bits per heavy atom. The molecule has 146 valence electrons. The van der Waals surface area contributed by atoms with Gasteiger partial charge >= 0.3 is 6.18 Å². The third-order valence-corrected chi connectivity index (χ3v) is 5.06. The van der Waals surface area contributed by atoms with Gasteiger partial charge in [0.1, 0.15) is 17.5 Å². The van der Waals surface area contributed by atoms with Crippen LogP contribution in [0.2, 0.25) is 0 Å². The lowest BCUT2D eigenvalue weighted by Crippen LogP contribution is -2.39. The topological polar surface area (TPSA) is 63.8 Å². The molecule has 1 aromatic carbocycles. The van der Waals surface area contributed by atoms with Gasteiger partial charge in [-0.2, -0.15) is 13.2 Å². The van der Waals surface area contributed by atoms with Gasteiger partial charge < -0.3 is 5.11 Å². The molecule has 0 amide bonds. The van der Waals surface area contributed by atoms with Crippen LogP contribution in [-0.2, 0) is 18.4 Å². The van der Waals surface area contributed by atoms with Gasteiger partial charge in [-0.15, -0.1) is 10.2 Å². The maximum atomic E-state index is 15.0. The molecule has 1 atom stereocenters. The summed E-state index contributed by atoms with van der Waals surface area (Å²) in [5.74, 6) is 0.707. The number of fused-ring (bicyclic) bond motifs is 3. The second kappa shape index (κ2) is 6.10. The highest BCUT2D eigenvalue weighted by molar-refractivity contribution is 5.67. The number of alkyl halides is 3. The maximum Gasteiger partial charge on any atom is 0.421 e. The monoisotopic (exact) mass is 392 g/mol. The van der Waals surface area contributed by atoms with Crippen molar-refractivity contribution in [3.63, 3.8) is 0 Å². The molecule has 9 heteroatoms. The largest absolute Gasteiger partial charge is 0.421 e. The molecule has 1 aliphatic rings. The molecule has 5 nitrogen and oxygen atoms in total. The SMILES string of the molecule is Cc1nnc2n1-c1c(F)cc(-c3cncc([C@](C)(O)C(F)(F)F)c3)cc1CC2. The van der Waals surface area contributed by atoms with E-state index < -0.39 is 23.2 Å². The van der Waals surface area contributed by atoms with E-state index in [0.717, 1.165) is 6.20 Å². The molecule has 0 saturated carbocycles. The Balaban J connectivity index is 1.82. The lowest BCUT2D eigenvalue weighted by Gasteiger charge is -2.26. The molecule has 0 unspecified atom stereocenters. The van der Waals surface area contributed by atoms with Crippen molar-refractivity contribution in [3.8, 4) is 16.8 Å². The van der Waals surface area contributed by atoms with Crippen molar-refractivity contribution in [1.29, 1.82) is 0 Å². The van der Waals surface area contributed by atoms with Crippen LogP contribution in [0.1, 0.15) is 29.7 Å². The molecular formula is C19H16F4N4O. The molecular weight excluding hydrogens is 376 g/mol. The summed E-state index contributed by atoms with van der Waals surface area (Å²) in [5, 5.41) is 17.9.